The highest BCUT2D eigenvalue weighted by Crippen LogP contribution is 2.28. The van der Waals surface area contributed by atoms with E-state index in [4.69, 9.17) is 4.42 Å². The third kappa shape index (κ3) is 3.39. The van der Waals surface area contributed by atoms with Gasteiger partial charge >= 0.3 is 0 Å². The van der Waals surface area contributed by atoms with Crippen LogP contribution in [-0.4, -0.2) is 15.2 Å². The maximum absolute atomic E-state index is 5.70. The smallest absolute Gasteiger partial charge is 0.277 e. The SMILES string of the molecule is c1ccc(-c2nnc(SCc3csc(-c4ccccc4)n3)o2)cc1. The molecule has 0 N–H and O–H groups in total. The van der Waals surface area contributed by atoms with Crippen LogP contribution in [0.15, 0.2) is 75.7 Å². The maximum Gasteiger partial charge on any atom is 0.277 e. The highest BCUT2D eigenvalue weighted by Gasteiger charge is 2.10. The van der Waals surface area contributed by atoms with Crippen LogP contribution in [0.5, 0.6) is 0 Å². The molecule has 0 aliphatic carbocycles. The molecule has 0 aliphatic heterocycles. The topological polar surface area (TPSA) is 51.8 Å². The van der Waals surface area contributed by atoms with E-state index in [-0.39, 0.29) is 0 Å². The van der Waals surface area contributed by atoms with Gasteiger partial charge in [-0.25, -0.2) is 4.98 Å². The van der Waals surface area contributed by atoms with Gasteiger partial charge in [-0.15, -0.1) is 21.5 Å². The van der Waals surface area contributed by atoms with Crippen molar-refractivity contribution in [3.05, 3.63) is 71.7 Å². The number of thiazole rings is 1. The van der Waals surface area contributed by atoms with Crippen molar-refractivity contribution < 1.29 is 4.42 Å². The Bertz CT molecular complexity index is 842. The average molecular weight is 351 g/mol. The molecule has 4 nitrogen and oxygen atoms in total. The zero-order valence-corrected chi connectivity index (χ0v) is 14.3. The summed E-state index contributed by atoms with van der Waals surface area (Å²) < 4.78 is 5.70. The molecule has 0 atom stereocenters. The number of hydrogen-bond acceptors (Lipinski definition) is 6. The lowest BCUT2D eigenvalue weighted by Gasteiger charge is -1.95. The van der Waals surface area contributed by atoms with Gasteiger partial charge in [-0.05, 0) is 12.1 Å². The molecule has 0 aliphatic rings. The molecule has 0 saturated heterocycles. The summed E-state index contributed by atoms with van der Waals surface area (Å²) in [7, 11) is 0. The second-order valence-electron chi connectivity index (χ2n) is 5.04. The standard InChI is InChI=1S/C18H13N3OS2/c1-3-7-13(8-4-1)16-20-21-18(22-16)24-12-15-11-23-17(19-15)14-9-5-2-6-10-14/h1-11H,12H2. The zero-order valence-electron chi connectivity index (χ0n) is 12.6. The summed E-state index contributed by atoms with van der Waals surface area (Å²) >= 11 is 3.15. The molecule has 2 aromatic carbocycles. The van der Waals surface area contributed by atoms with Crippen LogP contribution < -0.4 is 0 Å². The van der Waals surface area contributed by atoms with Crippen molar-refractivity contribution in [1.82, 2.24) is 15.2 Å². The Balaban J connectivity index is 1.43. The molecule has 0 spiro atoms. The van der Waals surface area contributed by atoms with Crippen LogP contribution in [0.3, 0.4) is 0 Å². The van der Waals surface area contributed by atoms with Crippen LogP contribution in [0.2, 0.25) is 0 Å². The van der Waals surface area contributed by atoms with Crippen LogP contribution in [0, 0.1) is 0 Å². The first-order valence-electron chi connectivity index (χ1n) is 7.40. The summed E-state index contributed by atoms with van der Waals surface area (Å²) in [4.78, 5) is 4.67. The first-order valence-corrected chi connectivity index (χ1v) is 9.26. The van der Waals surface area contributed by atoms with Gasteiger partial charge in [-0.2, -0.15) is 0 Å². The lowest BCUT2D eigenvalue weighted by Crippen LogP contribution is -1.82. The van der Waals surface area contributed by atoms with Crippen molar-refractivity contribution in [2.24, 2.45) is 0 Å². The normalized spacial score (nSPS) is 10.8. The highest BCUT2D eigenvalue weighted by atomic mass is 32.2. The summed E-state index contributed by atoms with van der Waals surface area (Å²) in [6, 6.07) is 20.0. The molecule has 0 saturated carbocycles. The van der Waals surface area contributed by atoms with Gasteiger partial charge in [0.05, 0.1) is 5.69 Å². The van der Waals surface area contributed by atoms with Crippen molar-refractivity contribution in [2.45, 2.75) is 11.0 Å². The highest BCUT2D eigenvalue weighted by molar-refractivity contribution is 7.98. The van der Waals surface area contributed by atoms with E-state index in [1.807, 2.05) is 48.5 Å². The van der Waals surface area contributed by atoms with Gasteiger partial charge in [0.2, 0.25) is 5.89 Å². The van der Waals surface area contributed by atoms with Gasteiger partial charge in [0.15, 0.2) is 0 Å². The summed E-state index contributed by atoms with van der Waals surface area (Å²) in [5, 5.41) is 11.9. The van der Waals surface area contributed by atoms with Crippen molar-refractivity contribution in [3.8, 4) is 22.0 Å². The fraction of sp³-hybridized carbons (Fsp3) is 0.0556. The van der Waals surface area contributed by atoms with Crippen LogP contribution in [0.1, 0.15) is 5.69 Å². The minimum atomic E-state index is 0.543. The third-order valence-electron chi connectivity index (χ3n) is 3.34. The molecule has 2 heterocycles. The van der Waals surface area contributed by atoms with Crippen molar-refractivity contribution in [2.75, 3.05) is 0 Å². The number of benzene rings is 2. The lowest BCUT2D eigenvalue weighted by atomic mass is 10.2. The Morgan fingerprint density at radius 3 is 2.33 bits per heavy atom. The Morgan fingerprint density at radius 2 is 1.58 bits per heavy atom. The predicted molar refractivity (Wildman–Crippen MR) is 96.8 cm³/mol. The zero-order chi connectivity index (χ0) is 16.2. The third-order valence-corrected chi connectivity index (χ3v) is 5.14. The fourth-order valence-electron chi connectivity index (χ4n) is 2.19. The molecule has 24 heavy (non-hydrogen) atoms. The quantitative estimate of drug-likeness (QED) is 0.465. The van der Waals surface area contributed by atoms with E-state index in [9.17, 15) is 0 Å². The average Bonchev–Trinajstić information content (AvgIpc) is 3.31. The molecule has 0 unspecified atom stereocenters. The van der Waals surface area contributed by atoms with E-state index >= 15 is 0 Å². The number of nitrogens with zero attached hydrogens (tertiary/aromatic N) is 3. The summed E-state index contributed by atoms with van der Waals surface area (Å²) in [5.41, 5.74) is 3.09. The summed E-state index contributed by atoms with van der Waals surface area (Å²) in [6.45, 7) is 0. The Labute approximate surface area is 147 Å². The van der Waals surface area contributed by atoms with Crippen molar-refractivity contribution in [3.63, 3.8) is 0 Å². The molecule has 4 rings (SSSR count). The van der Waals surface area contributed by atoms with E-state index in [0.717, 1.165) is 21.8 Å². The van der Waals surface area contributed by atoms with Gasteiger partial charge in [0, 0.05) is 22.3 Å². The van der Waals surface area contributed by atoms with Crippen LogP contribution >= 0.6 is 23.1 Å². The van der Waals surface area contributed by atoms with E-state index in [1.54, 1.807) is 11.3 Å². The van der Waals surface area contributed by atoms with Gasteiger partial charge in [0.1, 0.15) is 5.01 Å². The molecule has 2 aromatic heterocycles. The molecule has 0 bridgehead atoms. The van der Waals surface area contributed by atoms with Crippen LogP contribution in [0.4, 0.5) is 0 Å². The van der Waals surface area contributed by atoms with E-state index in [1.165, 1.54) is 11.8 Å². The number of thioether (sulfide) groups is 1. The van der Waals surface area contributed by atoms with Crippen LogP contribution in [0.25, 0.3) is 22.0 Å². The molecule has 6 heteroatoms. The second kappa shape index (κ2) is 6.98. The molecule has 0 radical (unpaired) electrons. The Morgan fingerprint density at radius 1 is 0.875 bits per heavy atom. The van der Waals surface area contributed by atoms with Crippen molar-refractivity contribution in [1.29, 1.82) is 0 Å². The van der Waals surface area contributed by atoms with E-state index < -0.39 is 0 Å². The molecule has 0 fully saturated rings. The van der Waals surface area contributed by atoms with Crippen molar-refractivity contribution >= 4 is 23.1 Å². The lowest BCUT2D eigenvalue weighted by molar-refractivity contribution is 0.466. The Kier molecular flexibility index (Phi) is 4.40. The molecular formula is C18H13N3OS2. The van der Waals surface area contributed by atoms with Gasteiger partial charge < -0.3 is 4.42 Å². The predicted octanol–water partition coefficient (Wildman–Crippen LogP) is 5.15. The van der Waals surface area contributed by atoms with E-state index in [2.05, 4.69) is 32.7 Å². The molecule has 4 aromatic rings. The molecule has 0 amide bonds. The number of aromatic nitrogens is 3. The minimum absolute atomic E-state index is 0.543. The summed E-state index contributed by atoms with van der Waals surface area (Å²) in [5.74, 6) is 1.25. The van der Waals surface area contributed by atoms with E-state index in [0.29, 0.717) is 16.9 Å². The first-order chi connectivity index (χ1) is 11.9. The van der Waals surface area contributed by atoms with Gasteiger partial charge in [-0.1, -0.05) is 60.3 Å². The molecule has 118 valence electrons. The van der Waals surface area contributed by atoms with Gasteiger partial charge in [0.25, 0.3) is 5.22 Å². The number of rotatable bonds is 5. The minimum Gasteiger partial charge on any atom is -0.411 e. The fourth-order valence-corrected chi connectivity index (χ4v) is 3.77. The number of hydrogen-bond donors (Lipinski definition) is 0. The van der Waals surface area contributed by atoms with Gasteiger partial charge in [-0.3, -0.25) is 0 Å². The Hall–Kier alpha value is -2.44. The second-order valence-corrected chi connectivity index (χ2v) is 6.82. The monoisotopic (exact) mass is 351 g/mol. The molecular weight excluding hydrogens is 338 g/mol. The largest absolute Gasteiger partial charge is 0.411 e. The maximum atomic E-state index is 5.70. The summed E-state index contributed by atoms with van der Waals surface area (Å²) in [6.07, 6.45) is 0. The van der Waals surface area contributed by atoms with Crippen LogP contribution in [-0.2, 0) is 5.75 Å². The first kappa shape index (κ1) is 15.1.